The molecule has 1 aliphatic rings. The molecule has 0 unspecified atom stereocenters. The molecule has 6 heteroatoms. The Morgan fingerprint density at radius 3 is 2.54 bits per heavy atom. The van der Waals surface area contributed by atoms with E-state index >= 15 is 0 Å². The largest absolute Gasteiger partial charge is 0.392 e. The number of hydrogen-bond acceptors (Lipinski definition) is 5. The van der Waals surface area contributed by atoms with E-state index < -0.39 is 4.92 Å². The second-order valence-electron chi connectivity index (χ2n) is 5.63. The molecule has 0 spiro atoms. The Balaban J connectivity index is 0.00000139. The van der Waals surface area contributed by atoms with Crippen LogP contribution in [0, 0.1) is 10.1 Å². The molecule has 1 saturated carbocycles. The summed E-state index contributed by atoms with van der Waals surface area (Å²) in [6.07, 6.45) is 6.92. The van der Waals surface area contributed by atoms with E-state index in [9.17, 15) is 10.1 Å². The lowest BCUT2D eigenvalue weighted by molar-refractivity contribution is -0.384. The molecule has 2 rings (SSSR count). The Morgan fingerprint density at radius 1 is 1.38 bits per heavy atom. The quantitative estimate of drug-likeness (QED) is 0.453. The molecule has 1 fully saturated rings. The predicted molar refractivity (Wildman–Crippen MR) is 97.1 cm³/mol. The minimum absolute atomic E-state index is 0.0145. The van der Waals surface area contributed by atoms with Gasteiger partial charge in [-0.15, -0.1) is 0 Å². The summed E-state index contributed by atoms with van der Waals surface area (Å²) < 4.78 is 0. The van der Waals surface area contributed by atoms with Gasteiger partial charge < -0.3 is 10.4 Å². The Labute approximate surface area is 143 Å². The van der Waals surface area contributed by atoms with E-state index in [1.54, 1.807) is 18.2 Å². The third-order valence-electron chi connectivity index (χ3n) is 3.80. The zero-order valence-corrected chi connectivity index (χ0v) is 14.9. The molecule has 6 nitrogen and oxygen atoms in total. The van der Waals surface area contributed by atoms with Gasteiger partial charge in [-0.3, -0.25) is 10.1 Å². The SMILES string of the molecule is C/C(=C\C=C(/C)Nc1nc(C2CCC2)ccc1[N+](=O)[O-])CO.CC. The highest BCUT2D eigenvalue weighted by Gasteiger charge is 2.24. The van der Waals surface area contributed by atoms with Crippen LogP contribution in [-0.2, 0) is 0 Å². The highest BCUT2D eigenvalue weighted by Crippen LogP contribution is 2.37. The van der Waals surface area contributed by atoms with Crippen molar-refractivity contribution in [2.45, 2.75) is 52.9 Å². The van der Waals surface area contributed by atoms with Crippen LogP contribution in [0.2, 0.25) is 0 Å². The lowest BCUT2D eigenvalue weighted by Crippen LogP contribution is -2.12. The van der Waals surface area contributed by atoms with Gasteiger partial charge in [0.25, 0.3) is 0 Å². The van der Waals surface area contributed by atoms with Crippen LogP contribution in [0.25, 0.3) is 0 Å². The molecule has 0 saturated heterocycles. The minimum atomic E-state index is -0.429. The van der Waals surface area contributed by atoms with E-state index in [2.05, 4.69) is 10.3 Å². The first-order valence-electron chi connectivity index (χ1n) is 8.38. The molecule has 0 atom stereocenters. The van der Waals surface area contributed by atoms with Crippen LogP contribution < -0.4 is 5.32 Å². The van der Waals surface area contributed by atoms with Crippen molar-refractivity contribution >= 4 is 11.5 Å². The summed E-state index contributed by atoms with van der Waals surface area (Å²) in [5.74, 6) is 0.695. The minimum Gasteiger partial charge on any atom is -0.392 e. The number of nitro groups is 1. The number of allylic oxidation sites excluding steroid dienone is 3. The Kier molecular flexibility index (Phi) is 8.12. The molecule has 0 amide bonds. The number of aliphatic hydroxyl groups excluding tert-OH is 1. The van der Waals surface area contributed by atoms with Gasteiger partial charge in [-0.1, -0.05) is 26.3 Å². The van der Waals surface area contributed by atoms with Crippen LogP contribution in [0.1, 0.15) is 58.6 Å². The monoisotopic (exact) mass is 333 g/mol. The summed E-state index contributed by atoms with van der Waals surface area (Å²) in [5, 5.41) is 23.1. The lowest BCUT2D eigenvalue weighted by Gasteiger charge is -2.25. The van der Waals surface area contributed by atoms with E-state index in [0.717, 1.165) is 29.8 Å². The van der Waals surface area contributed by atoms with Crippen molar-refractivity contribution < 1.29 is 10.0 Å². The number of aromatic nitrogens is 1. The van der Waals surface area contributed by atoms with Gasteiger partial charge in [-0.25, -0.2) is 4.98 Å². The second-order valence-corrected chi connectivity index (χ2v) is 5.63. The molecule has 1 aliphatic carbocycles. The van der Waals surface area contributed by atoms with Gasteiger partial charge in [0, 0.05) is 23.4 Å². The molecular formula is C18H27N3O3. The van der Waals surface area contributed by atoms with Crippen molar-refractivity contribution in [3.63, 3.8) is 0 Å². The molecule has 132 valence electrons. The maximum absolute atomic E-state index is 11.1. The molecule has 0 radical (unpaired) electrons. The van der Waals surface area contributed by atoms with Crippen LogP contribution in [0.5, 0.6) is 0 Å². The zero-order chi connectivity index (χ0) is 18.1. The number of rotatable bonds is 6. The molecule has 0 aliphatic heterocycles. The van der Waals surface area contributed by atoms with Crippen molar-refractivity contribution in [2.75, 3.05) is 11.9 Å². The normalized spacial score (nSPS) is 15.2. The first kappa shape index (κ1) is 19.8. The van der Waals surface area contributed by atoms with Crippen molar-refractivity contribution in [3.05, 3.63) is 51.4 Å². The summed E-state index contributed by atoms with van der Waals surface area (Å²) in [5.41, 5.74) is 2.42. The number of nitrogens with one attached hydrogen (secondary N) is 1. The molecule has 1 aromatic heterocycles. The fourth-order valence-electron chi connectivity index (χ4n) is 2.19. The van der Waals surface area contributed by atoms with Gasteiger partial charge in [0.15, 0.2) is 0 Å². The van der Waals surface area contributed by atoms with Gasteiger partial charge in [-0.2, -0.15) is 0 Å². The number of pyridine rings is 1. The van der Waals surface area contributed by atoms with E-state index in [1.165, 1.54) is 12.5 Å². The number of nitrogens with zero attached hydrogens (tertiary/aromatic N) is 2. The van der Waals surface area contributed by atoms with Crippen molar-refractivity contribution in [1.82, 2.24) is 4.98 Å². The number of aliphatic hydroxyl groups is 1. The summed E-state index contributed by atoms with van der Waals surface area (Å²) in [4.78, 5) is 15.2. The van der Waals surface area contributed by atoms with E-state index in [-0.39, 0.29) is 18.1 Å². The third-order valence-corrected chi connectivity index (χ3v) is 3.80. The van der Waals surface area contributed by atoms with Gasteiger partial charge >= 0.3 is 5.69 Å². The molecule has 1 aromatic rings. The van der Waals surface area contributed by atoms with E-state index in [4.69, 9.17) is 5.11 Å². The molecule has 0 bridgehead atoms. The average molecular weight is 333 g/mol. The van der Waals surface area contributed by atoms with Crippen LogP contribution >= 0.6 is 0 Å². The standard InChI is InChI=1S/C16H21N3O3.C2H6/c1-11(10-20)6-7-12(2)17-16-15(19(21)22)9-8-14(18-16)13-4-3-5-13;1-2/h6-9,13,20H,3-5,10H2,1-2H3,(H,17,18);1-2H3/b11-6+,12-7+;. The van der Waals surface area contributed by atoms with Crippen LogP contribution in [0.4, 0.5) is 11.5 Å². The van der Waals surface area contributed by atoms with Crippen molar-refractivity contribution in [3.8, 4) is 0 Å². The summed E-state index contributed by atoms with van der Waals surface area (Å²) in [6.45, 7) is 7.60. The summed E-state index contributed by atoms with van der Waals surface area (Å²) in [7, 11) is 0. The molecular weight excluding hydrogens is 306 g/mol. The Bertz CT molecular complexity index is 620. The van der Waals surface area contributed by atoms with Crippen molar-refractivity contribution in [2.24, 2.45) is 0 Å². The lowest BCUT2D eigenvalue weighted by atomic mass is 9.82. The van der Waals surface area contributed by atoms with E-state index in [1.807, 2.05) is 27.7 Å². The van der Waals surface area contributed by atoms with Crippen LogP contribution in [0.3, 0.4) is 0 Å². The predicted octanol–water partition coefficient (Wildman–Crippen LogP) is 4.54. The second kappa shape index (κ2) is 9.82. The Morgan fingerprint density at radius 2 is 2.04 bits per heavy atom. The first-order valence-corrected chi connectivity index (χ1v) is 8.38. The van der Waals surface area contributed by atoms with Gasteiger partial charge in [0.2, 0.25) is 5.82 Å². The van der Waals surface area contributed by atoms with Crippen LogP contribution in [0.15, 0.2) is 35.6 Å². The fraction of sp³-hybridized carbons (Fsp3) is 0.500. The summed E-state index contributed by atoms with van der Waals surface area (Å²) >= 11 is 0. The van der Waals surface area contributed by atoms with Gasteiger partial charge in [-0.05, 0) is 44.4 Å². The molecule has 24 heavy (non-hydrogen) atoms. The van der Waals surface area contributed by atoms with Gasteiger partial charge in [0.05, 0.1) is 11.5 Å². The highest BCUT2D eigenvalue weighted by molar-refractivity contribution is 5.59. The number of hydrogen-bond donors (Lipinski definition) is 2. The van der Waals surface area contributed by atoms with Crippen LogP contribution in [-0.4, -0.2) is 21.6 Å². The fourth-order valence-corrected chi connectivity index (χ4v) is 2.19. The zero-order valence-electron chi connectivity index (χ0n) is 14.9. The molecule has 2 N–H and O–H groups in total. The highest BCUT2D eigenvalue weighted by atomic mass is 16.6. The average Bonchev–Trinajstić information content (AvgIpc) is 2.53. The maximum Gasteiger partial charge on any atom is 0.311 e. The third kappa shape index (κ3) is 5.45. The summed E-state index contributed by atoms with van der Waals surface area (Å²) in [6, 6.07) is 3.27. The maximum atomic E-state index is 11.1. The first-order chi connectivity index (χ1) is 11.5. The van der Waals surface area contributed by atoms with E-state index in [0.29, 0.717) is 5.92 Å². The molecule has 0 aromatic carbocycles. The topological polar surface area (TPSA) is 88.3 Å². The smallest absolute Gasteiger partial charge is 0.311 e. The Hall–Kier alpha value is -2.21. The molecule has 1 heterocycles. The van der Waals surface area contributed by atoms with Gasteiger partial charge in [0.1, 0.15) is 0 Å². The number of anilines is 1. The van der Waals surface area contributed by atoms with Crippen molar-refractivity contribution in [1.29, 1.82) is 0 Å².